The average molecular weight is 163 g/mol. The molecule has 2 heteroatoms. The predicted octanol–water partition coefficient (Wildman–Crippen LogP) is 2.00. The molecule has 64 valence electrons. The largest absolute Gasteiger partial charge is 0.384 e. The van der Waals surface area contributed by atoms with E-state index in [1.54, 1.807) is 13.1 Å². The Morgan fingerprint density at radius 1 is 1.67 bits per heavy atom. The summed E-state index contributed by atoms with van der Waals surface area (Å²) < 4.78 is 0. The van der Waals surface area contributed by atoms with Gasteiger partial charge in [-0.05, 0) is 25.5 Å². The topological polar surface area (TPSA) is 33.1 Å². The fraction of sp³-hybridized carbons (Fsp3) is 0.300. The molecular weight excluding hydrogens is 150 g/mol. The number of hydrogen-bond donors (Lipinski definition) is 1. The maximum Gasteiger partial charge on any atom is 0.101 e. The summed E-state index contributed by atoms with van der Waals surface area (Å²) in [6.45, 7) is 7.37. The molecular formula is C10H13NO. The van der Waals surface area contributed by atoms with Crippen LogP contribution in [0.15, 0.2) is 30.5 Å². The lowest BCUT2D eigenvalue weighted by Gasteiger charge is -2.11. The van der Waals surface area contributed by atoms with E-state index in [1.165, 1.54) is 0 Å². The zero-order valence-corrected chi connectivity index (χ0v) is 7.41. The summed E-state index contributed by atoms with van der Waals surface area (Å²) in [7, 11) is 0. The highest BCUT2D eigenvalue weighted by atomic mass is 16.3. The number of hydrogen-bond acceptors (Lipinski definition) is 2. The van der Waals surface area contributed by atoms with Crippen molar-refractivity contribution in [2.45, 2.75) is 20.0 Å². The number of rotatable bonds is 2. The summed E-state index contributed by atoms with van der Waals surface area (Å²) in [6, 6.07) is 3.68. The van der Waals surface area contributed by atoms with E-state index in [2.05, 4.69) is 11.6 Å². The van der Waals surface area contributed by atoms with Gasteiger partial charge in [-0.1, -0.05) is 12.6 Å². The Bertz CT molecular complexity index is 294. The Kier molecular flexibility index (Phi) is 2.61. The van der Waals surface area contributed by atoms with Crippen LogP contribution >= 0.6 is 0 Å². The highest BCUT2D eigenvalue weighted by Gasteiger charge is 2.10. The zero-order chi connectivity index (χ0) is 9.14. The third kappa shape index (κ3) is 1.71. The van der Waals surface area contributed by atoms with Gasteiger partial charge >= 0.3 is 0 Å². The van der Waals surface area contributed by atoms with Crippen LogP contribution in [-0.2, 0) is 0 Å². The minimum absolute atomic E-state index is 0.585. The summed E-state index contributed by atoms with van der Waals surface area (Å²) in [5, 5.41) is 9.64. The van der Waals surface area contributed by atoms with E-state index in [0.29, 0.717) is 0 Å². The Morgan fingerprint density at radius 2 is 2.33 bits per heavy atom. The molecule has 0 fully saturated rings. The fourth-order valence-electron chi connectivity index (χ4n) is 1.05. The van der Waals surface area contributed by atoms with E-state index >= 15 is 0 Å². The second-order valence-electron chi connectivity index (χ2n) is 2.93. The first-order valence-corrected chi connectivity index (χ1v) is 3.88. The van der Waals surface area contributed by atoms with Gasteiger partial charge in [-0.25, -0.2) is 0 Å². The third-order valence-electron chi connectivity index (χ3n) is 1.81. The minimum atomic E-state index is -0.585. The van der Waals surface area contributed by atoms with E-state index < -0.39 is 6.10 Å². The molecule has 1 atom stereocenters. The molecule has 1 heterocycles. The third-order valence-corrected chi connectivity index (χ3v) is 1.81. The summed E-state index contributed by atoms with van der Waals surface area (Å²) >= 11 is 0. The lowest BCUT2D eigenvalue weighted by atomic mass is 10.0. The van der Waals surface area contributed by atoms with E-state index in [9.17, 15) is 5.11 Å². The van der Waals surface area contributed by atoms with Crippen LogP contribution in [0.4, 0.5) is 0 Å². The minimum Gasteiger partial charge on any atom is -0.384 e. The average Bonchev–Trinajstić information content (AvgIpc) is 2.04. The number of aryl methyl sites for hydroxylation is 1. The lowest BCUT2D eigenvalue weighted by molar-refractivity contribution is 0.215. The van der Waals surface area contributed by atoms with Crippen LogP contribution in [0, 0.1) is 6.92 Å². The molecule has 0 aliphatic rings. The van der Waals surface area contributed by atoms with Gasteiger partial charge in [0.1, 0.15) is 6.10 Å². The van der Waals surface area contributed by atoms with Gasteiger partial charge in [-0.3, -0.25) is 4.98 Å². The molecule has 0 radical (unpaired) electrons. The highest BCUT2D eigenvalue weighted by molar-refractivity contribution is 5.26. The molecule has 1 aromatic heterocycles. The van der Waals surface area contributed by atoms with Crippen LogP contribution in [-0.4, -0.2) is 10.1 Å². The molecule has 1 unspecified atom stereocenters. The lowest BCUT2D eigenvalue weighted by Crippen LogP contribution is -2.01. The molecule has 0 bridgehead atoms. The van der Waals surface area contributed by atoms with Gasteiger partial charge in [0.05, 0.1) is 0 Å². The van der Waals surface area contributed by atoms with Crippen molar-refractivity contribution >= 4 is 0 Å². The van der Waals surface area contributed by atoms with Gasteiger partial charge in [-0.2, -0.15) is 0 Å². The number of aromatic nitrogens is 1. The van der Waals surface area contributed by atoms with Gasteiger partial charge in [0.15, 0.2) is 0 Å². The van der Waals surface area contributed by atoms with Crippen molar-refractivity contribution in [2.75, 3.05) is 0 Å². The van der Waals surface area contributed by atoms with Crippen LogP contribution in [0.25, 0.3) is 0 Å². The maximum atomic E-state index is 9.64. The molecule has 0 aromatic carbocycles. The number of aliphatic hydroxyl groups excluding tert-OH is 1. The van der Waals surface area contributed by atoms with Crippen molar-refractivity contribution in [3.05, 3.63) is 41.7 Å². The van der Waals surface area contributed by atoms with Gasteiger partial charge in [0.25, 0.3) is 0 Å². The molecule has 0 spiro atoms. The second kappa shape index (κ2) is 3.50. The van der Waals surface area contributed by atoms with E-state index in [1.807, 2.05) is 19.1 Å². The van der Waals surface area contributed by atoms with Crippen molar-refractivity contribution in [2.24, 2.45) is 0 Å². The maximum absolute atomic E-state index is 9.64. The summed E-state index contributed by atoms with van der Waals surface area (Å²) in [5.41, 5.74) is 2.43. The van der Waals surface area contributed by atoms with Crippen LogP contribution in [0.5, 0.6) is 0 Å². The highest BCUT2D eigenvalue weighted by Crippen LogP contribution is 2.20. The molecule has 2 nitrogen and oxygen atoms in total. The van der Waals surface area contributed by atoms with E-state index in [-0.39, 0.29) is 0 Å². The molecule has 1 N–H and O–H groups in total. The summed E-state index contributed by atoms with van der Waals surface area (Å²) in [5.74, 6) is 0. The SMILES string of the molecule is C=C(C)C(O)c1cccnc1C. The van der Waals surface area contributed by atoms with Crippen molar-refractivity contribution in [1.82, 2.24) is 4.98 Å². The first kappa shape index (κ1) is 8.94. The van der Waals surface area contributed by atoms with E-state index in [4.69, 9.17) is 0 Å². The van der Waals surface area contributed by atoms with Crippen molar-refractivity contribution < 1.29 is 5.11 Å². The molecule has 1 aromatic rings. The predicted molar refractivity (Wildman–Crippen MR) is 48.7 cm³/mol. The van der Waals surface area contributed by atoms with Crippen molar-refractivity contribution in [3.8, 4) is 0 Å². The quantitative estimate of drug-likeness (QED) is 0.676. The molecule has 12 heavy (non-hydrogen) atoms. The fourth-order valence-corrected chi connectivity index (χ4v) is 1.05. The first-order valence-electron chi connectivity index (χ1n) is 3.88. The Balaban J connectivity index is 3.02. The first-order chi connectivity index (χ1) is 5.63. The summed E-state index contributed by atoms with van der Waals surface area (Å²) in [4.78, 5) is 4.08. The zero-order valence-electron chi connectivity index (χ0n) is 7.41. The van der Waals surface area contributed by atoms with Crippen LogP contribution in [0.3, 0.4) is 0 Å². The number of aliphatic hydroxyl groups is 1. The van der Waals surface area contributed by atoms with E-state index in [0.717, 1.165) is 16.8 Å². The van der Waals surface area contributed by atoms with Crippen LogP contribution in [0.2, 0.25) is 0 Å². The monoisotopic (exact) mass is 163 g/mol. The summed E-state index contributed by atoms with van der Waals surface area (Å²) in [6.07, 6.45) is 1.13. The Morgan fingerprint density at radius 3 is 2.83 bits per heavy atom. The molecule has 0 saturated heterocycles. The van der Waals surface area contributed by atoms with Gasteiger partial charge < -0.3 is 5.11 Å². The second-order valence-corrected chi connectivity index (χ2v) is 2.93. The Hall–Kier alpha value is -1.15. The number of nitrogens with zero attached hydrogens (tertiary/aromatic N) is 1. The number of pyridine rings is 1. The normalized spacial score (nSPS) is 12.6. The van der Waals surface area contributed by atoms with Gasteiger partial charge in [0.2, 0.25) is 0 Å². The standard InChI is InChI=1S/C10H13NO/c1-7(2)10(12)9-5-4-6-11-8(9)3/h4-6,10,12H,1H2,2-3H3. The molecule has 0 amide bonds. The molecule has 0 aliphatic carbocycles. The van der Waals surface area contributed by atoms with Crippen molar-refractivity contribution in [1.29, 1.82) is 0 Å². The van der Waals surface area contributed by atoms with Gasteiger partial charge in [0, 0.05) is 17.5 Å². The molecule has 0 aliphatic heterocycles. The van der Waals surface area contributed by atoms with Crippen LogP contribution in [0.1, 0.15) is 24.3 Å². The molecule has 1 rings (SSSR count). The Labute approximate surface area is 72.6 Å². The van der Waals surface area contributed by atoms with Gasteiger partial charge in [-0.15, -0.1) is 0 Å². The van der Waals surface area contributed by atoms with Crippen molar-refractivity contribution in [3.63, 3.8) is 0 Å². The van der Waals surface area contributed by atoms with Crippen LogP contribution < -0.4 is 0 Å². The molecule has 0 saturated carbocycles. The smallest absolute Gasteiger partial charge is 0.101 e.